The number of nitriles is 1. The molecule has 0 spiro atoms. The van der Waals surface area contributed by atoms with E-state index >= 15 is 0 Å². The lowest BCUT2D eigenvalue weighted by Crippen LogP contribution is -1.98. The maximum Gasteiger partial charge on any atom is 0.0992 e. The molecule has 0 unspecified atom stereocenters. The van der Waals surface area contributed by atoms with E-state index in [9.17, 15) is 5.26 Å². The fraction of sp³-hybridized carbons (Fsp3) is 0.0208. The standard InChI is InChI=1S/C48H29N3S2/c1-29-39(31-11-4-2-5-12-31)27-41(32-13-6-3-7-14-32)51-46(29)47-45-40-26-33(19-20-43(40)52-44(45)21-22-50-47)34-23-30(28-49)24-35(25-34)36-16-10-17-38-37-15-8-9-18-42(37)53-48(36)38/h2-27H,1H3. The SMILES string of the molecule is Cc1c(-c2ccccc2)cc(-c2ccccc2)nc1-c1nccc2sc3ccc(-c4cc(C#N)cc(-c5cccc6c5sc5ccccc56)c4)cc3c12. The maximum atomic E-state index is 10.2. The average molecular weight is 712 g/mol. The van der Waals surface area contributed by atoms with Crippen molar-refractivity contribution in [2.45, 2.75) is 6.92 Å². The number of benzene rings is 6. The molecule has 5 heteroatoms. The van der Waals surface area contributed by atoms with Gasteiger partial charge in [0.2, 0.25) is 0 Å². The summed E-state index contributed by atoms with van der Waals surface area (Å²) >= 11 is 3.58. The van der Waals surface area contributed by atoms with Gasteiger partial charge in [-0.1, -0.05) is 103 Å². The summed E-state index contributed by atoms with van der Waals surface area (Å²) in [6, 6.07) is 55.6. The summed E-state index contributed by atoms with van der Waals surface area (Å²) in [5.41, 5.74) is 12.0. The van der Waals surface area contributed by atoms with E-state index in [4.69, 9.17) is 9.97 Å². The molecule has 0 fully saturated rings. The summed E-state index contributed by atoms with van der Waals surface area (Å²) in [5.74, 6) is 0. The predicted molar refractivity (Wildman–Crippen MR) is 224 cm³/mol. The third-order valence-electron chi connectivity index (χ3n) is 10.1. The normalized spacial score (nSPS) is 11.5. The van der Waals surface area contributed by atoms with Gasteiger partial charge in [0, 0.05) is 52.1 Å². The summed E-state index contributed by atoms with van der Waals surface area (Å²) in [5, 5.41) is 15.0. The second-order valence-electron chi connectivity index (χ2n) is 13.3. The van der Waals surface area contributed by atoms with E-state index in [1.165, 1.54) is 24.9 Å². The Hall–Kier alpha value is -6.45. The third-order valence-corrected chi connectivity index (χ3v) is 12.5. The van der Waals surface area contributed by atoms with Crippen LogP contribution in [0.4, 0.5) is 0 Å². The van der Waals surface area contributed by atoms with Crippen molar-refractivity contribution in [1.29, 1.82) is 5.26 Å². The van der Waals surface area contributed by atoms with Gasteiger partial charge in [0.1, 0.15) is 0 Å². The van der Waals surface area contributed by atoms with Crippen LogP contribution in [0.3, 0.4) is 0 Å². The lowest BCUT2D eigenvalue weighted by atomic mass is 9.93. The van der Waals surface area contributed by atoms with E-state index in [0.29, 0.717) is 5.56 Å². The Kier molecular flexibility index (Phi) is 7.47. The first-order valence-electron chi connectivity index (χ1n) is 17.5. The Morgan fingerprint density at radius 3 is 2.08 bits per heavy atom. The van der Waals surface area contributed by atoms with E-state index in [1.54, 1.807) is 11.3 Å². The van der Waals surface area contributed by atoms with Gasteiger partial charge in [-0.3, -0.25) is 4.98 Å². The first-order valence-corrected chi connectivity index (χ1v) is 19.2. The van der Waals surface area contributed by atoms with Crippen LogP contribution in [-0.4, -0.2) is 9.97 Å². The van der Waals surface area contributed by atoms with Gasteiger partial charge in [-0.05, 0) is 94.4 Å². The highest BCUT2D eigenvalue weighted by Crippen LogP contribution is 2.44. The number of hydrogen-bond acceptors (Lipinski definition) is 5. The molecule has 0 aliphatic carbocycles. The van der Waals surface area contributed by atoms with Crippen LogP contribution in [0.5, 0.6) is 0 Å². The lowest BCUT2D eigenvalue weighted by Gasteiger charge is -2.15. The van der Waals surface area contributed by atoms with E-state index < -0.39 is 0 Å². The van der Waals surface area contributed by atoms with Crippen molar-refractivity contribution in [3.05, 3.63) is 169 Å². The second kappa shape index (κ2) is 12.6. The molecular formula is C48H29N3S2. The highest BCUT2D eigenvalue weighted by Gasteiger charge is 2.20. The second-order valence-corrected chi connectivity index (χ2v) is 15.4. The molecule has 0 aliphatic rings. The molecule has 0 radical (unpaired) electrons. The van der Waals surface area contributed by atoms with Crippen molar-refractivity contribution in [2.75, 3.05) is 0 Å². The summed E-state index contributed by atoms with van der Waals surface area (Å²) < 4.78 is 4.85. The van der Waals surface area contributed by atoms with Crippen LogP contribution < -0.4 is 0 Å². The molecule has 10 rings (SSSR count). The zero-order valence-electron chi connectivity index (χ0n) is 28.7. The predicted octanol–water partition coefficient (Wildman–Crippen LogP) is 13.7. The van der Waals surface area contributed by atoms with Gasteiger partial charge in [0.25, 0.3) is 0 Å². The number of fused-ring (bicyclic) bond motifs is 6. The summed E-state index contributed by atoms with van der Waals surface area (Å²) in [4.78, 5) is 10.4. The van der Waals surface area contributed by atoms with Crippen LogP contribution in [-0.2, 0) is 0 Å². The minimum Gasteiger partial charge on any atom is -0.254 e. The number of rotatable bonds is 5. The van der Waals surface area contributed by atoms with Crippen LogP contribution >= 0.6 is 22.7 Å². The number of aromatic nitrogens is 2. The number of thiophene rings is 2. The zero-order chi connectivity index (χ0) is 35.5. The molecule has 0 bridgehead atoms. The number of hydrogen-bond donors (Lipinski definition) is 0. The Balaban J connectivity index is 1.17. The Bertz CT molecular complexity index is 3080. The van der Waals surface area contributed by atoms with Crippen molar-refractivity contribution in [2.24, 2.45) is 0 Å². The van der Waals surface area contributed by atoms with E-state index in [2.05, 4.69) is 146 Å². The highest BCUT2D eigenvalue weighted by atomic mass is 32.1. The highest BCUT2D eigenvalue weighted by molar-refractivity contribution is 7.26. The molecule has 0 saturated carbocycles. The first-order chi connectivity index (χ1) is 26.1. The molecule has 10 aromatic rings. The van der Waals surface area contributed by atoms with Gasteiger partial charge in [0.05, 0.1) is 28.7 Å². The minimum absolute atomic E-state index is 0.638. The van der Waals surface area contributed by atoms with Gasteiger partial charge in [-0.15, -0.1) is 22.7 Å². The molecule has 0 saturated heterocycles. The molecule has 4 heterocycles. The van der Waals surface area contributed by atoms with Crippen molar-refractivity contribution < 1.29 is 0 Å². The van der Waals surface area contributed by atoms with Crippen LogP contribution in [0.15, 0.2) is 158 Å². The van der Waals surface area contributed by atoms with Gasteiger partial charge in [0.15, 0.2) is 0 Å². The lowest BCUT2D eigenvalue weighted by molar-refractivity contribution is 1.23. The van der Waals surface area contributed by atoms with Crippen molar-refractivity contribution >= 4 is 63.0 Å². The van der Waals surface area contributed by atoms with Crippen molar-refractivity contribution in [1.82, 2.24) is 9.97 Å². The Morgan fingerprint density at radius 2 is 1.25 bits per heavy atom. The molecular weight excluding hydrogens is 683 g/mol. The van der Waals surface area contributed by atoms with Gasteiger partial charge in [-0.2, -0.15) is 5.26 Å². The quantitative estimate of drug-likeness (QED) is 0.179. The van der Waals surface area contributed by atoms with E-state index in [0.717, 1.165) is 77.1 Å². The van der Waals surface area contributed by atoms with Crippen molar-refractivity contribution in [3.8, 4) is 62.1 Å². The van der Waals surface area contributed by atoms with Crippen LogP contribution in [0.1, 0.15) is 11.1 Å². The largest absolute Gasteiger partial charge is 0.254 e. The Morgan fingerprint density at radius 1 is 0.509 bits per heavy atom. The van der Waals surface area contributed by atoms with E-state index in [1.807, 2.05) is 35.7 Å². The topological polar surface area (TPSA) is 49.6 Å². The van der Waals surface area contributed by atoms with Gasteiger partial charge in [-0.25, -0.2) is 4.98 Å². The van der Waals surface area contributed by atoms with Crippen molar-refractivity contribution in [3.63, 3.8) is 0 Å². The maximum absolute atomic E-state index is 10.2. The monoisotopic (exact) mass is 711 g/mol. The average Bonchev–Trinajstić information content (AvgIpc) is 3.80. The molecule has 0 atom stereocenters. The fourth-order valence-electron chi connectivity index (χ4n) is 7.58. The van der Waals surface area contributed by atoms with E-state index in [-0.39, 0.29) is 0 Å². The van der Waals surface area contributed by atoms with Gasteiger partial charge >= 0.3 is 0 Å². The molecule has 248 valence electrons. The fourth-order valence-corrected chi connectivity index (χ4v) is 9.90. The Labute approximate surface area is 314 Å². The molecule has 4 aromatic heterocycles. The smallest absolute Gasteiger partial charge is 0.0992 e. The third kappa shape index (κ3) is 5.31. The molecule has 0 amide bonds. The summed E-state index contributed by atoms with van der Waals surface area (Å²) in [6.07, 6.45) is 1.91. The minimum atomic E-state index is 0.638. The van der Waals surface area contributed by atoms with Crippen LogP contribution in [0.2, 0.25) is 0 Å². The number of pyridine rings is 2. The van der Waals surface area contributed by atoms with Crippen LogP contribution in [0.25, 0.3) is 96.4 Å². The summed E-state index contributed by atoms with van der Waals surface area (Å²) in [6.45, 7) is 2.16. The van der Waals surface area contributed by atoms with Crippen LogP contribution in [0, 0.1) is 18.3 Å². The summed E-state index contributed by atoms with van der Waals surface area (Å²) in [7, 11) is 0. The molecule has 0 aliphatic heterocycles. The molecule has 3 nitrogen and oxygen atoms in total. The zero-order valence-corrected chi connectivity index (χ0v) is 30.3. The molecule has 6 aromatic carbocycles. The van der Waals surface area contributed by atoms with Gasteiger partial charge < -0.3 is 0 Å². The molecule has 53 heavy (non-hydrogen) atoms. The number of nitrogens with zero attached hydrogens (tertiary/aromatic N) is 3. The first kappa shape index (κ1) is 31.3. The molecule has 0 N–H and O–H groups in total.